The Labute approximate surface area is 110 Å². The number of rotatable bonds is 2. The van der Waals surface area contributed by atoms with Crippen LogP contribution in [0.15, 0.2) is 21.9 Å². The molecule has 0 saturated carbocycles. The number of aliphatic hydroxyl groups is 2. The molecule has 100 valence electrons. The van der Waals surface area contributed by atoms with Gasteiger partial charge in [-0.15, -0.1) is 0 Å². The number of hydrogen-bond acceptors (Lipinski definition) is 5. The summed E-state index contributed by atoms with van der Waals surface area (Å²) in [6.45, 7) is 1.36. The van der Waals surface area contributed by atoms with Crippen LogP contribution in [0.3, 0.4) is 0 Å². The van der Waals surface area contributed by atoms with Gasteiger partial charge in [-0.1, -0.05) is 0 Å². The summed E-state index contributed by atoms with van der Waals surface area (Å²) in [5, 5.41) is 19.0. The SMILES string of the molecule is C[C@@H]1[C@H](O)[C@@H](CO)O[C@@]1([SeH])n1ccc(=O)[nH]c1=O. The fourth-order valence-corrected chi connectivity index (χ4v) is 2.97. The van der Waals surface area contributed by atoms with E-state index in [1.54, 1.807) is 6.92 Å². The van der Waals surface area contributed by atoms with Crippen LogP contribution in [0.25, 0.3) is 0 Å². The summed E-state index contributed by atoms with van der Waals surface area (Å²) in [5.41, 5.74) is -1.13. The van der Waals surface area contributed by atoms with Gasteiger partial charge in [0.1, 0.15) is 0 Å². The van der Waals surface area contributed by atoms with Crippen molar-refractivity contribution in [3.8, 4) is 0 Å². The second kappa shape index (κ2) is 4.64. The number of nitrogens with one attached hydrogen (secondary N) is 1. The van der Waals surface area contributed by atoms with Crippen molar-refractivity contribution in [3.63, 3.8) is 0 Å². The van der Waals surface area contributed by atoms with Crippen LogP contribution >= 0.6 is 0 Å². The van der Waals surface area contributed by atoms with Crippen molar-refractivity contribution in [2.75, 3.05) is 6.61 Å². The molecule has 1 aromatic heterocycles. The summed E-state index contributed by atoms with van der Waals surface area (Å²) in [4.78, 5) is 24.9. The first-order chi connectivity index (χ1) is 8.40. The van der Waals surface area contributed by atoms with Crippen molar-refractivity contribution in [3.05, 3.63) is 33.1 Å². The molecule has 0 amide bonds. The fraction of sp³-hybridized carbons (Fsp3) is 0.600. The number of H-pyrrole nitrogens is 1. The Balaban J connectivity index is 2.49. The zero-order valence-corrected chi connectivity index (χ0v) is 11.5. The molecular weight excluding hydrogens is 307 g/mol. The molecule has 0 spiro atoms. The first-order valence-corrected chi connectivity index (χ1v) is 6.35. The van der Waals surface area contributed by atoms with Gasteiger partial charge in [-0.2, -0.15) is 0 Å². The summed E-state index contributed by atoms with van der Waals surface area (Å²) in [6, 6.07) is 1.20. The van der Waals surface area contributed by atoms with E-state index in [-0.39, 0.29) is 6.61 Å². The third-order valence-electron chi connectivity index (χ3n) is 3.16. The van der Waals surface area contributed by atoms with Crippen LogP contribution in [0, 0.1) is 5.92 Å². The Morgan fingerprint density at radius 2 is 2.28 bits per heavy atom. The molecule has 7 nitrogen and oxygen atoms in total. The Morgan fingerprint density at radius 1 is 1.61 bits per heavy atom. The van der Waals surface area contributed by atoms with Crippen molar-refractivity contribution in [1.82, 2.24) is 9.55 Å². The van der Waals surface area contributed by atoms with Crippen LogP contribution in [-0.4, -0.2) is 54.6 Å². The first-order valence-electron chi connectivity index (χ1n) is 5.41. The Morgan fingerprint density at radius 3 is 2.78 bits per heavy atom. The van der Waals surface area contributed by atoms with Gasteiger partial charge in [0.25, 0.3) is 0 Å². The first kappa shape index (κ1) is 13.5. The molecule has 0 radical (unpaired) electrons. The van der Waals surface area contributed by atoms with E-state index >= 15 is 0 Å². The molecule has 1 aromatic rings. The second-order valence-electron chi connectivity index (χ2n) is 4.26. The molecule has 8 heteroatoms. The van der Waals surface area contributed by atoms with Crippen molar-refractivity contribution >= 4 is 16.0 Å². The summed E-state index contributed by atoms with van der Waals surface area (Å²) >= 11 is 2.18. The van der Waals surface area contributed by atoms with Gasteiger partial charge in [-0.3, -0.25) is 0 Å². The summed E-state index contributed by atoms with van der Waals surface area (Å²) < 4.78 is 5.57. The molecular formula is C10H14N2O5Se. The Kier molecular flexibility index (Phi) is 3.48. The van der Waals surface area contributed by atoms with E-state index in [0.29, 0.717) is 0 Å². The van der Waals surface area contributed by atoms with Gasteiger partial charge < -0.3 is 0 Å². The van der Waals surface area contributed by atoms with E-state index in [0.717, 1.165) is 0 Å². The van der Waals surface area contributed by atoms with E-state index in [1.165, 1.54) is 16.8 Å². The van der Waals surface area contributed by atoms with Crippen LogP contribution < -0.4 is 11.2 Å². The van der Waals surface area contributed by atoms with Crippen LogP contribution in [-0.2, 0) is 9.36 Å². The molecule has 0 aromatic carbocycles. The van der Waals surface area contributed by atoms with E-state index in [9.17, 15) is 14.7 Å². The van der Waals surface area contributed by atoms with Gasteiger partial charge in [-0.25, -0.2) is 0 Å². The van der Waals surface area contributed by atoms with Gasteiger partial charge in [0.15, 0.2) is 0 Å². The zero-order chi connectivity index (χ0) is 13.5. The number of hydrogen-bond donors (Lipinski definition) is 3. The molecule has 0 unspecified atom stereocenters. The molecule has 3 N–H and O–H groups in total. The average Bonchev–Trinajstić information content (AvgIpc) is 2.54. The maximum absolute atomic E-state index is 11.8. The van der Waals surface area contributed by atoms with E-state index < -0.39 is 34.0 Å². The van der Waals surface area contributed by atoms with E-state index in [4.69, 9.17) is 9.84 Å². The van der Waals surface area contributed by atoms with Crippen molar-refractivity contribution < 1.29 is 14.9 Å². The number of aromatic amines is 1. The second-order valence-corrected chi connectivity index (χ2v) is 5.60. The summed E-state index contributed by atoms with van der Waals surface area (Å²) in [6.07, 6.45) is -0.346. The van der Waals surface area contributed by atoms with Gasteiger partial charge in [0.2, 0.25) is 0 Å². The molecule has 0 aliphatic carbocycles. The molecule has 1 fully saturated rings. The van der Waals surface area contributed by atoms with Gasteiger partial charge >= 0.3 is 110 Å². The Bertz CT molecular complexity index is 556. The zero-order valence-electron chi connectivity index (χ0n) is 9.61. The number of nitrogens with zero attached hydrogens (tertiary/aromatic N) is 1. The van der Waals surface area contributed by atoms with Crippen LogP contribution in [0.1, 0.15) is 6.92 Å². The van der Waals surface area contributed by atoms with Gasteiger partial charge in [0, 0.05) is 0 Å². The minimum atomic E-state index is -1.17. The van der Waals surface area contributed by atoms with Crippen molar-refractivity contribution in [1.29, 1.82) is 0 Å². The van der Waals surface area contributed by atoms with Crippen LogP contribution in [0.2, 0.25) is 0 Å². The molecule has 1 aliphatic heterocycles. The molecule has 2 heterocycles. The summed E-state index contributed by atoms with van der Waals surface area (Å²) in [7, 11) is 0. The third kappa shape index (κ3) is 1.96. The molecule has 1 aliphatic rings. The Hall–Kier alpha value is -0.921. The normalized spacial score (nSPS) is 35.9. The predicted octanol–water partition coefficient (Wildman–Crippen LogP) is -2.56. The average molecular weight is 321 g/mol. The molecule has 1 saturated heterocycles. The van der Waals surface area contributed by atoms with Crippen LogP contribution in [0.4, 0.5) is 0 Å². The molecule has 0 bridgehead atoms. The number of aromatic nitrogens is 2. The standard InChI is InChI=1S/C10H14N2O5Se/c1-5-8(15)6(4-13)17-10(5,18)12-3-2-7(14)11-9(12)16/h2-3,5-6,8,13,15,18H,4H2,1H3,(H,11,14,16)/t5-,6-,8+,10+/m1/s1. The topological polar surface area (TPSA) is 105 Å². The van der Waals surface area contributed by atoms with Crippen LogP contribution in [0.5, 0.6) is 0 Å². The predicted molar refractivity (Wildman–Crippen MR) is 63.6 cm³/mol. The monoisotopic (exact) mass is 322 g/mol. The van der Waals surface area contributed by atoms with Gasteiger partial charge in [-0.05, 0) is 0 Å². The molecule has 2 rings (SSSR count). The summed E-state index contributed by atoms with van der Waals surface area (Å²) in [5.74, 6) is -0.432. The minimum absolute atomic E-state index is 0.344. The maximum atomic E-state index is 11.8. The molecule has 18 heavy (non-hydrogen) atoms. The quantitative estimate of drug-likeness (QED) is 0.520. The number of ether oxygens (including phenoxy) is 1. The van der Waals surface area contributed by atoms with E-state index in [1.807, 2.05) is 0 Å². The number of aliphatic hydroxyl groups excluding tert-OH is 2. The van der Waals surface area contributed by atoms with Crippen molar-refractivity contribution in [2.45, 2.75) is 23.8 Å². The van der Waals surface area contributed by atoms with E-state index in [2.05, 4.69) is 21.0 Å². The van der Waals surface area contributed by atoms with Crippen molar-refractivity contribution in [2.24, 2.45) is 5.92 Å². The fourth-order valence-electron chi connectivity index (χ4n) is 2.04. The molecule has 4 atom stereocenters. The third-order valence-corrected chi connectivity index (χ3v) is 4.69. The van der Waals surface area contributed by atoms with Gasteiger partial charge in [0.05, 0.1) is 0 Å².